The third kappa shape index (κ3) is 10.9. The molecule has 61 heavy (non-hydrogen) atoms. The summed E-state index contributed by atoms with van der Waals surface area (Å²) in [5.74, 6) is 0.0328. The van der Waals surface area contributed by atoms with Gasteiger partial charge in [-0.25, -0.2) is 4.79 Å². The topological polar surface area (TPSA) is 175 Å². The number of carbonyl (C=O) groups excluding carboxylic acids is 2. The first kappa shape index (κ1) is 43.9. The van der Waals surface area contributed by atoms with Crippen LogP contribution in [0.5, 0.6) is 0 Å². The molecule has 0 bridgehead atoms. The van der Waals surface area contributed by atoms with Crippen molar-refractivity contribution >= 4 is 29.4 Å². The van der Waals surface area contributed by atoms with E-state index in [1.54, 1.807) is 17.0 Å². The van der Waals surface area contributed by atoms with E-state index in [9.17, 15) is 40.7 Å². The van der Waals surface area contributed by atoms with Crippen LogP contribution in [0, 0.1) is 5.92 Å². The Labute approximate surface area is 345 Å². The standard InChI is InChI=1S/C23H25F3N6O2.C17H15F3N4O3/c1-15(2)7-9-19-27-21(34-30-19)18-8-10-20(29-28-18)31-11-13-32(14-12-31)22(33)16-5-3-4-6-17(16)23(24,25)26;18-17(19,20)12-4-2-1-3-11(12)15(25)24-9-7-23(8-10-24)14-6-5-13(16(26)27)21-22-14/h3-6,8,10,15H,7,9,11-14H2,1-2H3;1-6H,7-10H2,(H,26,27). The zero-order valence-electron chi connectivity index (χ0n) is 32.9. The third-order valence-electron chi connectivity index (χ3n) is 9.86. The van der Waals surface area contributed by atoms with Crippen molar-refractivity contribution in [2.75, 3.05) is 62.2 Å². The first-order chi connectivity index (χ1) is 29.0. The number of anilines is 2. The Hall–Kier alpha value is -6.67. The van der Waals surface area contributed by atoms with Crippen LogP contribution in [0.3, 0.4) is 0 Å². The van der Waals surface area contributed by atoms with E-state index in [0.717, 1.165) is 25.0 Å². The number of hydrogen-bond donors (Lipinski definition) is 1. The van der Waals surface area contributed by atoms with Crippen LogP contribution in [0.25, 0.3) is 11.6 Å². The molecule has 2 saturated heterocycles. The lowest BCUT2D eigenvalue weighted by Crippen LogP contribution is -2.49. The summed E-state index contributed by atoms with van der Waals surface area (Å²) in [6.07, 6.45) is -7.50. The smallest absolute Gasteiger partial charge is 0.417 e. The molecule has 0 radical (unpaired) electrons. The van der Waals surface area contributed by atoms with Crippen LogP contribution in [-0.4, -0.2) is 116 Å². The van der Waals surface area contributed by atoms with Crippen molar-refractivity contribution in [2.45, 2.75) is 39.0 Å². The summed E-state index contributed by atoms with van der Waals surface area (Å²) in [5.41, 5.74) is -2.30. The van der Waals surface area contributed by atoms with Gasteiger partial charge in [0.1, 0.15) is 0 Å². The molecule has 0 unspecified atom stereocenters. The highest BCUT2D eigenvalue weighted by Crippen LogP contribution is 2.34. The normalized spacial score (nSPS) is 14.8. The molecule has 5 heterocycles. The monoisotopic (exact) mass is 854 g/mol. The van der Waals surface area contributed by atoms with Crippen molar-refractivity contribution in [1.82, 2.24) is 40.3 Å². The van der Waals surface area contributed by atoms with Crippen LogP contribution < -0.4 is 9.80 Å². The fraction of sp³-hybridized carbons (Fsp3) is 0.375. The molecule has 1 N–H and O–H groups in total. The lowest BCUT2D eigenvalue weighted by molar-refractivity contribution is -0.138. The summed E-state index contributed by atoms with van der Waals surface area (Å²) in [6.45, 7) is 6.78. The second-order valence-electron chi connectivity index (χ2n) is 14.5. The number of aryl methyl sites for hydroxylation is 1. The molecular formula is C40H40F6N10O5. The maximum atomic E-state index is 13.3. The van der Waals surface area contributed by atoms with Crippen molar-refractivity contribution in [1.29, 1.82) is 0 Å². The second-order valence-corrected chi connectivity index (χ2v) is 14.5. The Morgan fingerprint density at radius 2 is 1.13 bits per heavy atom. The molecule has 0 atom stereocenters. The fourth-order valence-electron chi connectivity index (χ4n) is 6.54. The van der Waals surface area contributed by atoms with Crippen molar-refractivity contribution in [3.8, 4) is 11.6 Å². The number of nitrogens with zero attached hydrogens (tertiary/aromatic N) is 10. The Morgan fingerprint density at radius 1 is 0.656 bits per heavy atom. The average Bonchev–Trinajstić information content (AvgIpc) is 3.74. The first-order valence-electron chi connectivity index (χ1n) is 19.1. The number of aromatic nitrogens is 6. The molecule has 322 valence electrons. The predicted octanol–water partition coefficient (Wildman–Crippen LogP) is 6.25. The second kappa shape index (κ2) is 18.7. The summed E-state index contributed by atoms with van der Waals surface area (Å²) < 4.78 is 84.5. The molecule has 0 aliphatic carbocycles. The lowest BCUT2D eigenvalue weighted by atomic mass is 10.1. The Morgan fingerprint density at radius 3 is 1.54 bits per heavy atom. The number of hydrogen-bond acceptors (Lipinski definition) is 12. The van der Waals surface area contributed by atoms with Gasteiger partial charge in [-0.1, -0.05) is 43.3 Å². The Balaban J connectivity index is 0.000000210. The van der Waals surface area contributed by atoms with E-state index in [2.05, 4.69) is 44.4 Å². The third-order valence-corrected chi connectivity index (χ3v) is 9.86. The number of carbonyl (C=O) groups is 3. The summed E-state index contributed by atoms with van der Waals surface area (Å²) in [6, 6.07) is 15.9. The molecule has 7 rings (SSSR count). The quantitative estimate of drug-likeness (QED) is 0.165. The number of alkyl halides is 6. The molecule has 5 aromatic rings. The first-order valence-corrected chi connectivity index (χ1v) is 19.1. The van der Waals surface area contributed by atoms with Gasteiger partial charge in [0, 0.05) is 58.8 Å². The van der Waals surface area contributed by atoms with Crippen LogP contribution >= 0.6 is 0 Å². The van der Waals surface area contributed by atoms with E-state index < -0.39 is 41.3 Å². The van der Waals surface area contributed by atoms with Crippen molar-refractivity contribution in [3.63, 3.8) is 0 Å². The zero-order valence-corrected chi connectivity index (χ0v) is 32.9. The van der Waals surface area contributed by atoms with Gasteiger partial charge in [-0.05, 0) is 60.9 Å². The van der Waals surface area contributed by atoms with Gasteiger partial charge in [-0.15, -0.1) is 20.4 Å². The molecule has 2 aliphatic rings. The Bertz CT molecular complexity index is 2290. The van der Waals surface area contributed by atoms with E-state index in [4.69, 9.17) is 9.63 Å². The molecule has 21 heteroatoms. The molecule has 2 amide bonds. The molecule has 15 nitrogen and oxygen atoms in total. The number of benzene rings is 2. The maximum Gasteiger partial charge on any atom is 0.417 e. The van der Waals surface area contributed by atoms with Gasteiger partial charge in [0.2, 0.25) is 0 Å². The van der Waals surface area contributed by atoms with Crippen LogP contribution in [0.2, 0.25) is 0 Å². The van der Waals surface area contributed by atoms with Crippen molar-refractivity contribution < 1.29 is 50.4 Å². The van der Waals surface area contributed by atoms with Crippen LogP contribution in [0.4, 0.5) is 38.0 Å². The largest absolute Gasteiger partial charge is 0.476 e. The molecular weight excluding hydrogens is 814 g/mol. The molecule has 2 aromatic carbocycles. The van der Waals surface area contributed by atoms with E-state index in [1.165, 1.54) is 58.3 Å². The molecule has 2 aliphatic heterocycles. The summed E-state index contributed by atoms with van der Waals surface area (Å²) in [7, 11) is 0. The minimum atomic E-state index is -4.60. The van der Waals surface area contributed by atoms with Gasteiger partial charge in [-0.3, -0.25) is 9.59 Å². The highest BCUT2D eigenvalue weighted by atomic mass is 19.4. The van der Waals surface area contributed by atoms with Crippen molar-refractivity contribution in [3.05, 3.63) is 107 Å². The van der Waals surface area contributed by atoms with E-state index in [1.807, 2.05) is 4.90 Å². The fourth-order valence-corrected chi connectivity index (χ4v) is 6.54. The van der Waals surface area contributed by atoms with Crippen LogP contribution in [0.1, 0.15) is 68.4 Å². The number of aromatic carboxylic acids is 1. The highest BCUT2D eigenvalue weighted by molar-refractivity contribution is 5.96. The number of rotatable bonds is 9. The minimum absolute atomic E-state index is 0.184. The number of halogens is 6. The molecule has 3 aromatic heterocycles. The van der Waals surface area contributed by atoms with Crippen LogP contribution in [-0.2, 0) is 18.8 Å². The SMILES string of the molecule is CC(C)CCc1noc(-c2ccc(N3CCN(C(=O)c4ccccc4C(F)(F)F)CC3)nn2)n1.O=C(O)c1ccc(N2CCN(C(=O)c3ccccc3C(F)(F)F)CC2)nn1. The van der Waals surface area contributed by atoms with Gasteiger partial charge in [-0.2, -0.15) is 31.3 Å². The lowest BCUT2D eigenvalue weighted by Gasteiger charge is -2.35. The number of carboxylic acids is 1. The number of amides is 2. The molecule has 2 fully saturated rings. The zero-order chi connectivity index (χ0) is 43.9. The Kier molecular flexibility index (Phi) is 13.5. The summed E-state index contributed by atoms with van der Waals surface area (Å²) in [4.78, 5) is 47.0. The van der Waals surface area contributed by atoms with Gasteiger partial charge in [0.05, 0.1) is 22.3 Å². The summed E-state index contributed by atoms with van der Waals surface area (Å²) >= 11 is 0. The number of piperazine rings is 2. The van der Waals surface area contributed by atoms with Gasteiger partial charge < -0.3 is 29.2 Å². The predicted molar refractivity (Wildman–Crippen MR) is 207 cm³/mol. The molecule has 0 saturated carbocycles. The number of carboxylic acid groups (broad SMARTS) is 1. The highest BCUT2D eigenvalue weighted by Gasteiger charge is 2.38. The van der Waals surface area contributed by atoms with E-state index in [-0.39, 0.29) is 43.0 Å². The minimum Gasteiger partial charge on any atom is -0.476 e. The van der Waals surface area contributed by atoms with Gasteiger partial charge in [0.25, 0.3) is 17.7 Å². The average molecular weight is 855 g/mol. The maximum absolute atomic E-state index is 13.3. The van der Waals surface area contributed by atoms with E-state index >= 15 is 0 Å². The summed E-state index contributed by atoms with van der Waals surface area (Å²) in [5, 5.41) is 28.7. The van der Waals surface area contributed by atoms with Gasteiger partial charge >= 0.3 is 18.3 Å². The van der Waals surface area contributed by atoms with Crippen molar-refractivity contribution in [2.24, 2.45) is 5.92 Å². The van der Waals surface area contributed by atoms with Gasteiger partial charge in [0.15, 0.2) is 28.8 Å². The van der Waals surface area contributed by atoms with Crippen LogP contribution in [0.15, 0.2) is 77.3 Å². The molecule has 0 spiro atoms. The van der Waals surface area contributed by atoms with E-state index in [0.29, 0.717) is 61.1 Å².